The van der Waals surface area contributed by atoms with E-state index in [1.165, 1.54) is 11.3 Å². The number of carbonyl (C=O) groups excluding carboxylic acids is 1. The molecule has 0 bridgehead atoms. The molecule has 3 rings (SSSR count). The van der Waals surface area contributed by atoms with E-state index in [0.29, 0.717) is 23.9 Å². The number of thiazole rings is 1. The van der Waals surface area contributed by atoms with Gasteiger partial charge >= 0.3 is 0 Å². The predicted molar refractivity (Wildman–Crippen MR) is 128 cm³/mol. The Labute approximate surface area is 192 Å². The largest absolute Gasteiger partial charge is 0.487 e. The summed E-state index contributed by atoms with van der Waals surface area (Å²) in [6.07, 6.45) is 0.825. The third kappa shape index (κ3) is 6.05. The van der Waals surface area contributed by atoms with E-state index in [1.807, 2.05) is 25.1 Å². The summed E-state index contributed by atoms with van der Waals surface area (Å²) in [5, 5.41) is 9.65. The molecule has 1 aliphatic heterocycles. The molecule has 1 atom stereocenters. The number of benzene rings is 1. The summed E-state index contributed by atoms with van der Waals surface area (Å²) in [6, 6.07) is 8.17. The first-order chi connectivity index (χ1) is 13.4. The summed E-state index contributed by atoms with van der Waals surface area (Å²) >= 11 is 1.35. The van der Waals surface area contributed by atoms with Crippen LogP contribution in [0, 0.1) is 6.92 Å². The van der Waals surface area contributed by atoms with Crippen molar-refractivity contribution in [2.24, 2.45) is 4.99 Å². The van der Waals surface area contributed by atoms with Gasteiger partial charge < -0.3 is 20.7 Å². The van der Waals surface area contributed by atoms with Crippen molar-refractivity contribution < 1.29 is 9.53 Å². The lowest BCUT2D eigenvalue weighted by Crippen LogP contribution is -2.46. The van der Waals surface area contributed by atoms with Crippen molar-refractivity contribution in [3.8, 4) is 5.75 Å². The van der Waals surface area contributed by atoms with Crippen LogP contribution >= 0.6 is 35.3 Å². The summed E-state index contributed by atoms with van der Waals surface area (Å²) in [6.45, 7) is 7.07. The van der Waals surface area contributed by atoms with Gasteiger partial charge in [0.05, 0.1) is 17.2 Å². The molecule has 9 heteroatoms. The zero-order chi connectivity index (χ0) is 20.1. The minimum Gasteiger partial charge on any atom is -0.487 e. The number of halogens is 1. The highest BCUT2D eigenvalue weighted by atomic mass is 127. The quantitative estimate of drug-likeness (QED) is 0.240. The Morgan fingerprint density at radius 1 is 1.31 bits per heavy atom. The highest BCUT2D eigenvalue weighted by molar-refractivity contribution is 14.0. The first-order valence-corrected chi connectivity index (χ1v) is 10.2. The maximum atomic E-state index is 12.1. The standard InChI is InChI=1S/C20H27N5O2S.HI/c1-13-17(28-12-24-13)18(26)22-9-10-23-19(21-4)25-15-11-20(2,3)27-16-8-6-5-7-14(15)16;/h5-8,12,15H,9-11H2,1-4H3,(H,22,26)(H2,21,23,25);1H. The number of carbonyl (C=O) groups is 1. The number of aromatic nitrogens is 1. The summed E-state index contributed by atoms with van der Waals surface area (Å²) in [5.74, 6) is 1.50. The second-order valence-corrected chi connectivity index (χ2v) is 8.18. The van der Waals surface area contributed by atoms with E-state index in [-0.39, 0.29) is 41.5 Å². The monoisotopic (exact) mass is 529 g/mol. The maximum Gasteiger partial charge on any atom is 0.263 e. The van der Waals surface area contributed by atoms with Gasteiger partial charge in [-0.1, -0.05) is 18.2 Å². The van der Waals surface area contributed by atoms with Crippen molar-refractivity contribution >= 4 is 47.2 Å². The lowest BCUT2D eigenvalue weighted by Gasteiger charge is -2.38. The lowest BCUT2D eigenvalue weighted by atomic mass is 9.90. The van der Waals surface area contributed by atoms with Crippen molar-refractivity contribution in [3.63, 3.8) is 0 Å². The van der Waals surface area contributed by atoms with Crippen molar-refractivity contribution in [2.75, 3.05) is 20.1 Å². The van der Waals surface area contributed by atoms with Crippen LogP contribution < -0.4 is 20.7 Å². The molecule has 1 aromatic carbocycles. The van der Waals surface area contributed by atoms with Gasteiger partial charge in [-0.25, -0.2) is 4.98 Å². The number of amides is 1. The Balaban J connectivity index is 0.00000300. The van der Waals surface area contributed by atoms with Gasteiger partial charge in [-0.3, -0.25) is 9.79 Å². The Morgan fingerprint density at radius 2 is 2.03 bits per heavy atom. The van der Waals surface area contributed by atoms with E-state index in [2.05, 4.69) is 45.8 Å². The van der Waals surface area contributed by atoms with Gasteiger partial charge in [-0.05, 0) is 26.8 Å². The summed E-state index contributed by atoms with van der Waals surface area (Å²) in [5.41, 5.74) is 3.31. The number of nitrogens with zero attached hydrogens (tertiary/aromatic N) is 2. The van der Waals surface area contributed by atoms with Crippen LogP contribution in [0.4, 0.5) is 0 Å². The molecule has 29 heavy (non-hydrogen) atoms. The molecule has 0 aliphatic carbocycles. The van der Waals surface area contributed by atoms with Gasteiger partial charge in [-0.15, -0.1) is 35.3 Å². The second kappa shape index (κ2) is 10.2. The fraction of sp³-hybridized carbons (Fsp3) is 0.450. The average molecular weight is 529 g/mol. The van der Waals surface area contributed by atoms with Crippen molar-refractivity contribution in [3.05, 3.63) is 45.9 Å². The first kappa shape index (κ1) is 23.4. The molecule has 1 aromatic heterocycles. The zero-order valence-corrected chi connectivity index (χ0v) is 20.3. The number of para-hydroxylation sites is 1. The molecule has 0 spiro atoms. The zero-order valence-electron chi connectivity index (χ0n) is 17.1. The van der Waals surface area contributed by atoms with Gasteiger partial charge in [0.25, 0.3) is 5.91 Å². The van der Waals surface area contributed by atoms with Gasteiger partial charge in [-0.2, -0.15) is 0 Å². The molecule has 7 nitrogen and oxygen atoms in total. The van der Waals surface area contributed by atoms with Crippen LogP contribution in [0.15, 0.2) is 34.8 Å². The van der Waals surface area contributed by atoms with E-state index in [0.717, 1.165) is 23.4 Å². The molecular weight excluding hydrogens is 501 g/mol. The molecule has 158 valence electrons. The summed E-state index contributed by atoms with van der Waals surface area (Å²) in [4.78, 5) is 21.2. The maximum absolute atomic E-state index is 12.1. The van der Waals surface area contributed by atoms with E-state index in [9.17, 15) is 4.79 Å². The van der Waals surface area contributed by atoms with Crippen LogP contribution in [-0.2, 0) is 0 Å². The van der Waals surface area contributed by atoms with E-state index >= 15 is 0 Å². The van der Waals surface area contributed by atoms with Gasteiger partial charge in [0.1, 0.15) is 16.2 Å². The molecule has 0 radical (unpaired) electrons. The minimum atomic E-state index is -0.258. The molecule has 1 amide bonds. The van der Waals surface area contributed by atoms with E-state index < -0.39 is 0 Å². The van der Waals surface area contributed by atoms with Crippen LogP contribution in [0.25, 0.3) is 0 Å². The van der Waals surface area contributed by atoms with Gasteiger partial charge in [0.15, 0.2) is 5.96 Å². The molecule has 0 saturated heterocycles. The Bertz CT molecular complexity index is 868. The fourth-order valence-corrected chi connectivity index (χ4v) is 3.97. The van der Waals surface area contributed by atoms with Gasteiger partial charge in [0, 0.05) is 32.1 Å². The Kier molecular flexibility index (Phi) is 8.26. The summed E-state index contributed by atoms with van der Waals surface area (Å²) in [7, 11) is 1.74. The van der Waals surface area contributed by atoms with Crippen LogP contribution in [0.2, 0.25) is 0 Å². The smallest absolute Gasteiger partial charge is 0.263 e. The third-order valence-electron chi connectivity index (χ3n) is 4.57. The van der Waals surface area contributed by atoms with Gasteiger partial charge in [0.2, 0.25) is 0 Å². The second-order valence-electron chi connectivity index (χ2n) is 7.32. The molecule has 2 heterocycles. The van der Waals surface area contributed by atoms with Crippen molar-refractivity contribution in [1.82, 2.24) is 20.9 Å². The molecule has 1 aliphatic rings. The molecule has 0 saturated carbocycles. The molecular formula is C20H28IN5O2S. The van der Waals surface area contributed by atoms with E-state index in [4.69, 9.17) is 4.74 Å². The number of ether oxygens (including phenoxy) is 1. The molecule has 0 fully saturated rings. The number of aryl methyl sites for hydroxylation is 1. The average Bonchev–Trinajstić information content (AvgIpc) is 3.09. The third-order valence-corrected chi connectivity index (χ3v) is 5.49. The topological polar surface area (TPSA) is 87.6 Å². The van der Waals surface area contributed by atoms with Crippen molar-refractivity contribution in [1.29, 1.82) is 0 Å². The normalized spacial score (nSPS) is 17.4. The number of hydrogen-bond donors (Lipinski definition) is 3. The highest BCUT2D eigenvalue weighted by Crippen LogP contribution is 2.39. The Hall–Kier alpha value is -1.88. The number of aliphatic imine (C=N–C) groups is 1. The number of fused-ring (bicyclic) bond motifs is 1. The van der Waals surface area contributed by atoms with E-state index in [1.54, 1.807) is 12.6 Å². The molecule has 3 N–H and O–H groups in total. The van der Waals surface area contributed by atoms with Crippen LogP contribution in [-0.4, -0.2) is 42.6 Å². The molecule has 1 unspecified atom stereocenters. The highest BCUT2D eigenvalue weighted by Gasteiger charge is 2.33. The Morgan fingerprint density at radius 3 is 2.72 bits per heavy atom. The van der Waals surface area contributed by atoms with Crippen LogP contribution in [0.3, 0.4) is 0 Å². The predicted octanol–water partition coefficient (Wildman–Crippen LogP) is 3.27. The molecule has 2 aromatic rings. The first-order valence-electron chi connectivity index (χ1n) is 9.33. The summed E-state index contributed by atoms with van der Waals surface area (Å²) < 4.78 is 6.08. The number of nitrogens with one attached hydrogen (secondary N) is 3. The fourth-order valence-electron chi connectivity index (χ4n) is 3.25. The SMILES string of the molecule is CN=C(NCCNC(=O)c1scnc1C)NC1CC(C)(C)Oc2ccccc21.I. The van der Waals surface area contributed by atoms with Crippen LogP contribution in [0.5, 0.6) is 5.75 Å². The number of rotatable bonds is 5. The van der Waals surface area contributed by atoms with Crippen LogP contribution in [0.1, 0.15) is 47.2 Å². The minimum absolute atomic E-state index is 0. The number of hydrogen-bond acceptors (Lipinski definition) is 5. The number of guanidine groups is 1. The van der Waals surface area contributed by atoms with Crippen molar-refractivity contribution in [2.45, 2.75) is 38.8 Å². The lowest BCUT2D eigenvalue weighted by molar-refractivity contribution is 0.0694.